The Morgan fingerprint density at radius 1 is 1.15 bits per heavy atom. The number of nitrogens with one attached hydrogen (secondary N) is 2. The Labute approximate surface area is 156 Å². The van der Waals surface area contributed by atoms with Crippen LogP contribution >= 0.6 is 11.8 Å². The van der Waals surface area contributed by atoms with Gasteiger partial charge >= 0.3 is 0 Å². The lowest BCUT2D eigenvalue weighted by atomic mass is 10.1. The number of thioether (sulfide) groups is 1. The van der Waals surface area contributed by atoms with Crippen LogP contribution in [0.15, 0.2) is 33.9 Å². The second-order valence-electron chi connectivity index (χ2n) is 5.40. The van der Waals surface area contributed by atoms with Crippen molar-refractivity contribution in [3.63, 3.8) is 0 Å². The first-order valence-electron chi connectivity index (χ1n) is 8.22. The largest absolute Gasteiger partial charge is 0.497 e. The van der Waals surface area contributed by atoms with E-state index in [-0.39, 0.29) is 24.1 Å². The molecule has 0 aliphatic heterocycles. The first-order chi connectivity index (χ1) is 12.6. The third-order valence-corrected chi connectivity index (χ3v) is 4.13. The van der Waals surface area contributed by atoms with Gasteiger partial charge in [0.25, 0.3) is 5.22 Å². The fourth-order valence-electron chi connectivity index (χ4n) is 1.97. The summed E-state index contributed by atoms with van der Waals surface area (Å²) in [6.45, 7) is 2.52. The highest BCUT2D eigenvalue weighted by Crippen LogP contribution is 2.18. The Balaban J connectivity index is 1.73. The Kier molecular flexibility index (Phi) is 7.94. The fraction of sp³-hybridized carbons (Fsp3) is 0.412. The van der Waals surface area contributed by atoms with E-state index < -0.39 is 0 Å². The zero-order valence-electron chi connectivity index (χ0n) is 14.8. The van der Waals surface area contributed by atoms with Crippen molar-refractivity contribution in [2.45, 2.75) is 25.0 Å². The minimum absolute atomic E-state index is 0.0358. The van der Waals surface area contributed by atoms with Gasteiger partial charge in [-0.05, 0) is 24.1 Å². The van der Waals surface area contributed by atoms with Crippen LogP contribution in [0.5, 0.6) is 5.75 Å². The topological polar surface area (TPSA) is 106 Å². The smallest absolute Gasteiger partial charge is 0.277 e. The number of nitrogens with zero attached hydrogens (tertiary/aromatic N) is 2. The van der Waals surface area contributed by atoms with Crippen LogP contribution in [-0.4, -0.2) is 48.0 Å². The average Bonchev–Trinajstić information content (AvgIpc) is 3.11. The molecular formula is C17H22N4O4S. The van der Waals surface area contributed by atoms with Crippen LogP contribution in [0.3, 0.4) is 0 Å². The van der Waals surface area contributed by atoms with Gasteiger partial charge in [0.05, 0.1) is 25.8 Å². The van der Waals surface area contributed by atoms with Crippen LogP contribution < -0.4 is 15.4 Å². The van der Waals surface area contributed by atoms with E-state index in [1.807, 2.05) is 31.2 Å². The van der Waals surface area contributed by atoms with Crippen molar-refractivity contribution in [3.8, 4) is 5.75 Å². The summed E-state index contributed by atoms with van der Waals surface area (Å²) < 4.78 is 10.6. The maximum absolute atomic E-state index is 11.7. The summed E-state index contributed by atoms with van der Waals surface area (Å²) in [6, 6.07) is 7.57. The number of benzene rings is 1. The molecule has 26 heavy (non-hydrogen) atoms. The first kappa shape index (κ1) is 19.8. The van der Waals surface area contributed by atoms with Crippen molar-refractivity contribution in [1.29, 1.82) is 0 Å². The highest BCUT2D eigenvalue weighted by molar-refractivity contribution is 7.99. The quantitative estimate of drug-likeness (QED) is 0.602. The predicted octanol–water partition coefficient (Wildman–Crippen LogP) is 1.40. The van der Waals surface area contributed by atoms with Crippen molar-refractivity contribution in [2.75, 3.05) is 26.0 Å². The number of rotatable bonds is 10. The molecule has 0 spiro atoms. The second kappa shape index (κ2) is 10.4. The normalized spacial score (nSPS) is 10.4. The van der Waals surface area contributed by atoms with Gasteiger partial charge in [0.2, 0.25) is 17.7 Å². The zero-order valence-corrected chi connectivity index (χ0v) is 15.6. The molecule has 0 atom stereocenters. The third kappa shape index (κ3) is 6.75. The Morgan fingerprint density at radius 2 is 1.92 bits per heavy atom. The van der Waals surface area contributed by atoms with Gasteiger partial charge in [-0.2, -0.15) is 0 Å². The van der Waals surface area contributed by atoms with Crippen molar-refractivity contribution in [3.05, 3.63) is 35.7 Å². The number of carbonyl (C=O) groups is 2. The summed E-state index contributed by atoms with van der Waals surface area (Å²) in [5.41, 5.74) is 1.02. The van der Waals surface area contributed by atoms with Gasteiger partial charge in [-0.15, -0.1) is 10.2 Å². The van der Waals surface area contributed by atoms with Crippen LogP contribution in [0, 0.1) is 0 Å². The van der Waals surface area contributed by atoms with Gasteiger partial charge in [-0.25, -0.2) is 0 Å². The number of hydrogen-bond acceptors (Lipinski definition) is 7. The van der Waals surface area contributed by atoms with Gasteiger partial charge in [0, 0.05) is 6.54 Å². The Hall–Kier alpha value is -2.55. The maximum atomic E-state index is 11.7. The molecule has 0 aliphatic rings. The van der Waals surface area contributed by atoms with E-state index in [0.717, 1.165) is 29.5 Å². The molecule has 1 heterocycles. The number of ether oxygens (including phenoxy) is 1. The minimum atomic E-state index is -0.267. The maximum Gasteiger partial charge on any atom is 0.277 e. The molecular weight excluding hydrogens is 356 g/mol. The van der Waals surface area contributed by atoms with Crippen LogP contribution in [0.1, 0.15) is 24.8 Å². The molecule has 2 N–H and O–H groups in total. The molecule has 0 fully saturated rings. The highest BCUT2D eigenvalue weighted by atomic mass is 32.2. The molecule has 2 rings (SSSR count). The first-order valence-corrected chi connectivity index (χ1v) is 9.20. The number of hydrogen-bond donors (Lipinski definition) is 2. The molecule has 9 heteroatoms. The summed E-state index contributed by atoms with van der Waals surface area (Å²) in [5.74, 6) is 0.883. The molecule has 0 bridgehead atoms. The van der Waals surface area contributed by atoms with Gasteiger partial charge in [0.1, 0.15) is 5.75 Å². The number of methoxy groups -OCH3 is 1. The summed E-state index contributed by atoms with van der Waals surface area (Å²) >= 11 is 1.13. The van der Waals surface area contributed by atoms with E-state index in [1.165, 1.54) is 0 Å². The molecule has 0 radical (unpaired) electrons. The van der Waals surface area contributed by atoms with Crippen LogP contribution in [0.25, 0.3) is 0 Å². The van der Waals surface area contributed by atoms with Crippen molar-refractivity contribution >= 4 is 23.6 Å². The molecule has 0 unspecified atom stereocenters. The molecule has 1 aromatic carbocycles. The van der Waals surface area contributed by atoms with E-state index in [2.05, 4.69) is 20.8 Å². The number of amides is 2. The van der Waals surface area contributed by atoms with Gasteiger partial charge in [0.15, 0.2) is 0 Å². The molecule has 2 aromatic rings. The number of aromatic nitrogens is 2. The molecule has 8 nitrogen and oxygen atoms in total. The molecule has 0 saturated heterocycles. The van der Waals surface area contributed by atoms with Crippen molar-refractivity contribution < 1.29 is 18.7 Å². The highest BCUT2D eigenvalue weighted by Gasteiger charge is 2.11. The summed E-state index contributed by atoms with van der Waals surface area (Å²) in [4.78, 5) is 23.2. The lowest BCUT2D eigenvalue weighted by Gasteiger charge is -2.04. The van der Waals surface area contributed by atoms with Gasteiger partial charge in [-0.3, -0.25) is 9.59 Å². The molecule has 140 valence electrons. The van der Waals surface area contributed by atoms with Crippen LogP contribution in [-0.2, 0) is 16.0 Å². The van der Waals surface area contributed by atoms with E-state index in [0.29, 0.717) is 24.1 Å². The molecule has 0 aliphatic carbocycles. The summed E-state index contributed by atoms with van der Waals surface area (Å²) in [7, 11) is 1.62. The Bertz CT molecular complexity index is 718. The lowest BCUT2D eigenvalue weighted by Crippen LogP contribution is -2.37. The van der Waals surface area contributed by atoms with Crippen molar-refractivity contribution in [1.82, 2.24) is 20.8 Å². The van der Waals surface area contributed by atoms with E-state index in [9.17, 15) is 9.59 Å². The van der Waals surface area contributed by atoms with Gasteiger partial charge in [-0.1, -0.05) is 30.8 Å². The van der Waals surface area contributed by atoms with Crippen molar-refractivity contribution in [2.24, 2.45) is 0 Å². The molecule has 2 amide bonds. The van der Waals surface area contributed by atoms with E-state index in [4.69, 9.17) is 9.15 Å². The fourth-order valence-corrected chi connectivity index (χ4v) is 2.58. The number of carbonyl (C=O) groups excluding carboxylic acids is 2. The summed E-state index contributed by atoms with van der Waals surface area (Å²) in [6.07, 6.45) is 1.35. The standard InChI is InChI=1S/C17H22N4O4S/c1-3-8-18-14(22)10-19-15(23)11-26-17-21-20-16(25-17)9-12-4-6-13(24-2)7-5-12/h4-7H,3,8-11H2,1-2H3,(H,18,22)(H,19,23). The minimum Gasteiger partial charge on any atom is -0.497 e. The SMILES string of the molecule is CCCNC(=O)CNC(=O)CSc1nnc(Cc2ccc(OC)cc2)o1. The average molecular weight is 378 g/mol. The monoisotopic (exact) mass is 378 g/mol. The van der Waals surface area contributed by atoms with E-state index >= 15 is 0 Å². The zero-order chi connectivity index (χ0) is 18.8. The lowest BCUT2D eigenvalue weighted by molar-refractivity contribution is -0.124. The predicted molar refractivity (Wildman–Crippen MR) is 97.1 cm³/mol. The van der Waals surface area contributed by atoms with Crippen LogP contribution in [0.4, 0.5) is 0 Å². The molecule has 0 saturated carbocycles. The molecule has 1 aromatic heterocycles. The van der Waals surface area contributed by atoms with E-state index in [1.54, 1.807) is 7.11 Å². The van der Waals surface area contributed by atoms with Gasteiger partial charge < -0.3 is 19.8 Å². The van der Waals surface area contributed by atoms with Crippen LogP contribution in [0.2, 0.25) is 0 Å². The second-order valence-corrected chi connectivity index (χ2v) is 6.33. The Morgan fingerprint density at radius 3 is 2.62 bits per heavy atom. The third-order valence-electron chi connectivity index (χ3n) is 3.31. The summed E-state index contributed by atoms with van der Waals surface area (Å²) in [5, 5.41) is 13.4.